The Hall–Kier alpha value is -2.77. The summed E-state index contributed by atoms with van der Waals surface area (Å²) in [4.78, 5) is 26.2. The number of hydrogen-bond acceptors (Lipinski definition) is 5. The summed E-state index contributed by atoms with van der Waals surface area (Å²) in [6.07, 6.45) is 2.31. The summed E-state index contributed by atoms with van der Waals surface area (Å²) in [7, 11) is 3.20. The Balaban J connectivity index is 1.90. The van der Waals surface area contributed by atoms with Crippen molar-refractivity contribution in [1.82, 2.24) is 10.4 Å². The van der Waals surface area contributed by atoms with E-state index in [0.29, 0.717) is 48.7 Å². The number of hydroxylamine groups is 1. The van der Waals surface area contributed by atoms with Crippen LogP contribution in [0.1, 0.15) is 48.4 Å². The Kier molecular flexibility index (Phi) is 7.76. The van der Waals surface area contributed by atoms with Gasteiger partial charge in [-0.3, -0.25) is 14.8 Å². The van der Waals surface area contributed by atoms with Gasteiger partial charge in [-0.1, -0.05) is 23.7 Å². The first-order valence-electron chi connectivity index (χ1n) is 10.2. The van der Waals surface area contributed by atoms with Crippen molar-refractivity contribution < 1.29 is 24.3 Å². The fraction of sp³-hybridized carbons (Fsp3) is 0.391. The molecule has 166 valence electrons. The second-order valence-electron chi connectivity index (χ2n) is 7.44. The summed E-state index contributed by atoms with van der Waals surface area (Å²) in [5, 5.41) is 9.23. The summed E-state index contributed by atoms with van der Waals surface area (Å²) in [6, 6.07) is 11.2. The van der Waals surface area contributed by atoms with Gasteiger partial charge in [0.2, 0.25) is 11.8 Å². The number of halogens is 1. The summed E-state index contributed by atoms with van der Waals surface area (Å²) >= 11 is 6.09. The van der Waals surface area contributed by atoms with E-state index in [0.717, 1.165) is 16.7 Å². The average molecular weight is 447 g/mol. The molecule has 0 radical (unpaired) electrons. The van der Waals surface area contributed by atoms with E-state index in [2.05, 4.69) is 0 Å². The van der Waals surface area contributed by atoms with Crippen LogP contribution in [0, 0.1) is 0 Å². The maximum absolute atomic E-state index is 13.1. The first kappa shape index (κ1) is 22.9. The summed E-state index contributed by atoms with van der Waals surface area (Å²) in [5.74, 6) is 0.854. The number of nitrogens with zero attached hydrogens (tertiary/aromatic N) is 1. The average Bonchev–Trinajstić information content (AvgIpc) is 2.80. The second-order valence-corrected chi connectivity index (χ2v) is 7.88. The number of methoxy groups -OCH3 is 2. The molecule has 3 rings (SSSR count). The highest BCUT2D eigenvalue weighted by molar-refractivity contribution is 6.30. The van der Waals surface area contributed by atoms with Crippen LogP contribution in [0.5, 0.6) is 11.5 Å². The third kappa shape index (κ3) is 5.29. The van der Waals surface area contributed by atoms with E-state index in [4.69, 9.17) is 26.3 Å². The number of amides is 2. The standard InChI is InChI=1S/C23H27ClN2O5/c1-30-19-13-16-11-12-26(22(28)6-4-3-5-21(27)25-29)23(18(16)14-20(19)31-2)15-7-9-17(24)10-8-15/h7-10,13-14,23,29H,3-6,11-12H2,1-2H3,(H,25,27). The molecule has 1 aliphatic heterocycles. The minimum absolute atomic E-state index is 0.0183. The molecular weight excluding hydrogens is 420 g/mol. The highest BCUT2D eigenvalue weighted by Crippen LogP contribution is 2.41. The first-order chi connectivity index (χ1) is 15.0. The van der Waals surface area contributed by atoms with Crippen LogP contribution in [0.3, 0.4) is 0 Å². The lowest BCUT2D eigenvalue weighted by molar-refractivity contribution is -0.134. The van der Waals surface area contributed by atoms with E-state index in [9.17, 15) is 9.59 Å². The summed E-state index contributed by atoms with van der Waals surface area (Å²) < 4.78 is 11.0. The molecule has 0 saturated heterocycles. The molecule has 1 atom stereocenters. The van der Waals surface area contributed by atoms with Crippen LogP contribution in [0.2, 0.25) is 5.02 Å². The van der Waals surface area contributed by atoms with Crippen LogP contribution >= 0.6 is 11.6 Å². The molecule has 7 nitrogen and oxygen atoms in total. The predicted molar refractivity (Wildman–Crippen MR) is 117 cm³/mol. The molecule has 1 aliphatic rings. The van der Waals surface area contributed by atoms with Crippen molar-refractivity contribution in [2.24, 2.45) is 0 Å². The number of rotatable bonds is 8. The summed E-state index contributed by atoms with van der Waals surface area (Å²) in [6.45, 7) is 0.575. The fourth-order valence-corrected chi connectivity index (χ4v) is 4.11. The summed E-state index contributed by atoms with van der Waals surface area (Å²) in [5.41, 5.74) is 4.69. The molecule has 1 heterocycles. The third-order valence-electron chi connectivity index (χ3n) is 5.55. The van der Waals surface area contributed by atoms with Crippen molar-refractivity contribution in [3.63, 3.8) is 0 Å². The highest BCUT2D eigenvalue weighted by Gasteiger charge is 2.33. The topological polar surface area (TPSA) is 88.1 Å². The first-order valence-corrected chi connectivity index (χ1v) is 10.6. The molecule has 2 amide bonds. The lowest BCUT2D eigenvalue weighted by Gasteiger charge is -2.38. The number of ether oxygens (including phenoxy) is 2. The molecule has 0 bridgehead atoms. The molecular formula is C23H27ClN2O5. The lowest BCUT2D eigenvalue weighted by atomic mass is 9.87. The van der Waals surface area contributed by atoms with Gasteiger partial charge in [0.05, 0.1) is 20.3 Å². The van der Waals surface area contributed by atoms with Crippen LogP contribution in [0.25, 0.3) is 0 Å². The SMILES string of the molecule is COc1cc2c(cc1OC)C(c1ccc(Cl)cc1)N(C(=O)CCCCC(=O)NO)CC2. The molecule has 0 aromatic heterocycles. The van der Waals surface area contributed by atoms with Gasteiger partial charge < -0.3 is 14.4 Å². The number of carbonyl (C=O) groups excluding carboxylic acids is 2. The minimum Gasteiger partial charge on any atom is -0.493 e. The Morgan fingerprint density at radius 3 is 2.39 bits per heavy atom. The fourth-order valence-electron chi connectivity index (χ4n) is 3.98. The number of unbranched alkanes of at least 4 members (excludes halogenated alkanes) is 1. The molecule has 31 heavy (non-hydrogen) atoms. The van der Waals surface area contributed by atoms with E-state index >= 15 is 0 Å². The quantitative estimate of drug-likeness (QED) is 0.365. The van der Waals surface area contributed by atoms with E-state index in [-0.39, 0.29) is 18.4 Å². The maximum Gasteiger partial charge on any atom is 0.243 e. The van der Waals surface area contributed by atoms with Crippen molar-refractivity contribution in [2.45, 2.75) is 38.1 Å². The minimum atomic E-state index is -0.445. The van der Waals surface area contributed by atoms with Crippen molar-refractivity contribution in [3.8, 4) is 11.5 Å². The van der Waals surface area contributed by atoms with E-state index in [1.165, 1.54) is 0 Å². The van der Waals surface area contributed by atoms with E-state index in [1.54, 1.807) is 19.7 Å². The number of fused-ring (bicyclic) bond motifs is 1. The normalized spacial score (nSPS) is 15.2. The van der Waals surface area contributed by atoms with Crippen molar-refractivity contribution >= 4 is 23.4 Å². The number of hydrogen-bond donors (Lipinski definition) is 2. The van der Waals surface area contributed by atoms with E-state index in [1.807, 2.05) is 41.3 Å². The zero-order valence-corrected chi connectivity index (χ0v) is 18.4. The van der Waals surface area contributed by atoms with Gasteiger partial charge in [-0.2, -0.15) is 0 Å². The van der Waals surface area contributed by atoms with Crippen LogP contribution in [0.4, 0.5) is 0 Å². The van der Waals surface area contributed by atoms with Gasteiger partial charge in [0, 0.05) is 24.4 Å². The number of carbonyl (C=O) groups is 2. The third-order valence-corrected chi connectivity index (χ3v) is 5.80. The highest BCUT2D eigenvalue weighted by atomic mass is 35.5. The molecule has 0 fully saturated rings. The molecule has 8 heteroatoms. The van der Waals surface area contributed by atoms with Crippen LogP contribution in [-0.4, -0.2) is 42.7 Å². The number of benzene rings is 2. The van der Waals surface area contributed by atoms with Crippen molar-refractivity contribution in [3.05, 3.63) is 58.1 Å². The van der Waals surface area contributed by atoms with Crippen LogP contribution in [0.15, 0.2) is 36.4 Å². The van der Waals surface area contributed by atoms with Gasteiger partial charge in [0.15, 0.2) is 11.5 Å². The maximum atomic E-state index is 13.1. The van der Waals surface area contributed by atoms with Crippen LogP contribution in [-0.2, 0) is 16.0 Å². The molecule has 1 unspecified atom stereocenters. The Labute approximate surface area is 186 Å². The van der Waals surface area contributed by atoms with Gasteiger partial charge in [0.25, 0.3) is 0 Å². The van der Waals surface area contributed by atoms with Gasteiger partial charge >= 0.3 is 0 Å². The molecule has 2 N–H and O–H groups in total. The largest absolute Gasteiger partial charge is 0.493 e. The van der Waals surface area contributed by atoms with Crippen LogP contribution < -0.4 is 15.0 Å². The molecule has 0 spiro atoms. The van der Waals surface area contributed by atoms with Gasteiger partial charge in [-0.15, -0.1) is 0 Å². The van der Waals surface area contributed by atoms with Crippen molar-refractivity contribution in [2.75, 3.05) is 20.8 Å². The Bertz CT molecular complexity index is 932. The molecule has 0 aliphatic carbocycles. The zero-order chi connectivity index (χ0) is 22.4. The molecule has 2 aromatic carbocycles. The monoisotopic (exact) mass is 446 g/mol. The van der Waals surface area contributed by atoms with Crippen molar-refractivity contribution in [1.29, 1.82) is 0 Å². The molecule has 0 saturated carbocycles. The zero-order valence-electron chi connectivity index (χ0n) is 17.7. The Morgan fingerprint density at radius 1 is 1.10 bits per heavy atom. The predicted octanol–water partition coefficient (Wildman–Crippen LogP) is 3.90. The van der Waals surface area contributed by atoms with Gasteiger partial charge in [-0.05, 0) is 60.2 Å². The van der Waals surface area contributed by atoms with E-state index < -0.39 is 5.91 Å². The number of nitrogens with one attached hydrogen (secondary N) is 1. The van der Waals surface area contributed by atoms with Gasteiger partial charge in [-0.25, -0.2) is 5.48 Å². The Morgan fingerprint density at radius 2 is 1.74 bits per heavy atom. The van der Waals surface area contributed by atoms with Gasteiger partial charge in [0.1, 0.15) is 0 Å². The second kappa shape index (κ2) is 10.5. The smallest absolute Gasteiger partial charge is 0.243 e. The molecule has 2 aromatic rings. The lowest BCUT2D eigenvalue weighted by Crippen LogP contribution is -2.40.